The van der Waals surface area contributed by atoms with Gasteiger partial charge in [0.1, 0.15) is 0 Å². The van der Waals surface area contributed by atoms with E-state index < -0.39 is 11.9 Å². The summed E-state index contributed by atoms with van der Waals surface area (Å²) in [4.78, 5) is 25.6. The van der Waals surface area contributed by atoms with Crippen LogP contribution in [-0.4, -0.2) is 34.5 Å². The number of nitrogens with zero attached hydrogens (tertiary/aromatic N) is 1. The topological polar surface area (TPSA) is 57.6 Å². The van der Waals surface area contributed by atoms with Gasteiger partial charge in [0, 0.05) is 18.2 Å². The van der Waals surface area contributed by atoms with Crippen LogP contribution in [0.1, 0.15) is 56.5 Å². The van der Waals surface area contributed by atoms with Crippen LogP contribution >= 0.6 is 0 Å². The summed E-state index contributed by atoms with van der Waals surface area (Å²) in [6.45, 7) is 8.69. The second-order valence-electron chi connectivity index (χ2n) is 7.25. The van der Waals surface area contributed by atoms with Crippen LogP contribution in [0.5, 0.6) is 0 Å². The molecule has 2 rings (SSSR count). The molecule has 1 amide bonds. The van der Waals surface area contributed by atoms with Crippen molar-refractivity contribution >= 4 is 11.9 Å². The number of carboxylic acid groups (broad SMARTS) is 1. The highest BCUT2D eigenvalue weighted by Gasteiger charge is 2.33. The third-order valence-electron chi connectivity index (χ3n) is 4.49. The van der Waals surface area contributed by atoms with E-state index in [2.05, 4.69) is 20.8 Å². The smallest absolute Gasteiger partial charge is 0.308 e. The Morgan fingerprint density at radius 1 is 1.14 bits per heavy atom. The third kappa shape index (κ3) is 3.49. The molecule has 4 nitrogen and oxygen atoms in total. The Kier molecular flexibility index (Phi) is 4.59. The summed E-state index contributed by atoms with van der Waals surface area (Å²) in [5, 5.41) is 9.18. The molecule has 120 valence electrons. The molecule has 0 bridgehead atoms. The van der Waals surface area contributed by atoms with Crippen molar-refractivity contribution in [1.29, 1.82) is 0 Å². The lowest BCUT2D eigenvalue weighted by molar-refractivity contribution is -0.143. The van der Waals surface area contributed by atoms with Crippen LogP contribution in [0, 0.1) is 5.92 Å². The number of benzene rings is 1. The lowest BCUT2D eigenvalue weighted by Crippen LogP contribution is -2.47. The van der Waals surface area contributed by atoms with Gasteiger partial charge < -0.3 is 10.0 Å². The average Bonchev–Trinajstić information content (AvgIpc) is 2.46. The van der Waals surface area contributed by atoms with Crippen molar-refractivity contribution in [2.24, 2.45) is 5.92 Å². The lowest BCUT2D eigenvalue weighted by Gasteiger charge is -2.36. The first-order valence-electron chi connectivity index (χ1n) is 7.84. The molecule has 22 heavy (non-hydrogen) atoms. The largest absolute Gasteiger partial charge is 0.481 e. The van der Waals surface area contributed by atoms with E-state index in [1.54, 1.807) is 4.90 Å². The third-order valence-corrected chi connectivity index (χ3v) is 4.49. The van der Waals surface area contributed by atoms with Crippen LogP contribution in [0.15, 0.2) is 24.3 Å². The fraction of sp³-hybridized carbons (Fsp3) is 0.556. The summed E-state index contributed by atoms with van der Waals surface area (Å²) in [6, 6.07) is 7.75. The molecule has 1 aromatic rings. The molecule has 0 saturated carbocycles. The molecule has 1 aromatic carbocycles. The maximum atomic E-state index is 12.7. The lowest BCUT2D eigenvalue weighted by atomic mass is 9.86. The molecule has 0 aliphatic carbocycles. The Morgan fingerprint density at radius 2 is 1.73 bits per heavy atom. The van der Waals surface area contributed by atoms with Crippen LogP contribution in [-0.2, 0) is 10.2 Å². The van der Waals surface area contributed by atoms with Crippen molar-refractivity contribution in [1.82, 2.24) is 4.90 Å². The van der Waals surface area contributed by atoms with E-state index >= 15 is 0 Å². The highest BCUT2D eigenvalue weighted by Crippen LogP contribution is 2.26. The molecular weight excluding hydrogens is 278 g/mol. The molecule has 1 aliphatic heterocycles. The number of aliphatic carboxylic acids is 1. The molecule has 0 aromatic heterocycles. The van der Waals surface area contributed by atoms with Gasteiger partial charge in [-0.2, -0.15) is 0 Å². The number of hydrogen-bond acceptors (Lipinski definition) is 2. The standard InChI is InChI=1S/C18H25NO3/c1-12-5-6-14(17(21)22)11-19(12)16(20)13-7-9-15(10-8-13)18(2,3)4/h7-10,12,14H,5-6,11H2,1-4H3,(H,21,22). The first-order valence-corrected chi connectivity index (χ1v) is 7.84. The van der Waals surface area contributed by atoms with Crippen molar-refractivity contribution in [2.45, 2.75) is 52.0 Å². The summed E-state index contributed by atoms with van der Waals surface area (Å²) in [7, 11) is 0. The van der Waals surface area contributed by atoms with E-state index in [0.29, 0.717) is 18.5 Å². The second-order valence-corrected chi connectivity index (χ2v) is 7.25. The van der Waals surface area contributed by atoms with Crippen LogP contribution in [0.4, 0.5) is 0 Å². The summed E-state index contributed by atoms with van der Waals surface area (Å²) in [5.74, 6) is -1.33. The minimum Gasteiger partial charge on any atom is -0.481 e. The van der Waals surface area contributed by atoms with Gasteiger partial charge in [-0.25, -0.2) is 0 Å². The maximum absolute atomic E-state index is 12.7. The number of carboxylic acids is 1. The van der Waals surface area contributed by atoms with Gasteiger partial charge in [0.05, 0.1) is 5.92 Å². The van der Waals surface area contributed by atoms with E-state index in [4.69, 9.17) is 0 Å². The zero-order valence-electron chi connectivity index (χ0n) is 13.8. The number of piperidine rings is 1. The van der Waals surface area contributed by atoms with Crippen molar-refractivity contribution < 1.29 is 14.7 Å². The van der Waals surface area contributed by atoms with E-state index in [1.165, 1.54) is 5.56 Å². The molecule has 0 radical (unpaired) electrons. The van der Waals surface area contributed by atoms with Crippen LogP contribution in [0.2, 0.25) is 0 Å². The molecule has 2 unspecified atom stereocenters. The first kappa shape index (κ1) is 16.5. The van der Waals surface area contributed by atoms with Crippen molar-refractivity contribution in [3.63, 3.8) is 0 Å². The molecule has 1 aliphatic rings. The van der Waals surface area contributed by atoms with Crippen LogP contribution in [0.25, 0.3) is 0 Å². The van der Waals surface area contributed by atoms with E-state index in [0.717, 1.165) is 6.42 Å². The predicted octanol–water partition coefficient (Wildman–Crippen LogP) is 3.31. The van der Waals surface area contributed by atoms with Gasteiger partial charge in [-0.15, -0.1) is 0 Å². The molecule has 4 heteroatoms. The quantitative estimate of drug-likeness (QED) is 0.912. The number of carbonyl (C=O) groups is 2. The molecule has 1 heterocycles. The average molecular weight is 303 g/mol. The Balaban J connectivity index is 2.17. The van der Waals surface area contributed by atoms with Crippen molar-refractivity contribution in [3.8, 4) is 0 Å². The second kappa shape index (κ2) is 6.11. The van der Waals surface area contributed by atoms with E-state index in [9.17, 15) is 14.7 Å². The van der Waals surface area contributed by atoms with Crippen molar-refractivity contribution in [3.05, 3.63) is 35.4 Å². The molecule has 1 N–H and O–H groups in total. The zero-order chi connectivity index (χ0) is 16.5. The fourth-order valence-corrected chi connectivity index (χ4v) is 2.87. The Morgan fingerprint density at radius 3 is 2.23 bits per heavy atom. The Hall–Kier alpha value is -1.84. The van der Waals surface area contributed by atoms with Gasteiger partial charge in [0.25, 0.3) is 5.91 Å². The van der Waals surface area contributed by atoms with E-state index in [-0.39, 0.29) is 17.4 Å². The van der Waals surface area contributed by atoms with Gasteiger partial charge in [0.2, 0.25) is 0 Å². The highest BCUT2D eigenvalue weighted by atomic mass is 16.4. The molecule has 0 spiro atoms. The first-order chi connectivity index (χ1) is 10.2. The van der Waals surface area contributed by atoms with E-state index in [1.807, 2.05) is 31.2 Å². The monoisotopic (exact) mass is 303 g/mol. The summed E-state index contributed by atoms with van der Waals surface area (Å²) < 4.78 is 0. The van der Waals surface area contributed by atoms with Crippen LogP contribution < -0.4 is 0 Å². The molecule has 1 saturated heterocycles. The van der Waals surface area contributed by atoms with Gasteiger partial charge in [-0.05, 0) is 42.9 Å². The summed E-state index contributed by atoms with van der Waals surface area (Å²) in [6.07, 6.45) is 1.38. The molecule has 2 atom stereocenters. The number of hydrogen-bond donors (Lipinski definition) is 1. The van der Waals surface area contributed by atoms with Gasteiger partial charge in [-0.1, -0.05) is 32.9 Å². The van der Waals surface area contributed by atoms with Crippen molar-refractivity contribution in [2.75, 3.05) is 6.54 Å². The number of amides is 1. The van der Waals surface area contributed by atoms with Crippen LogP contribution in [0.3, 0.4) is 0 Å². The minimum atomic E-state index is -0.812. The highest BCUT2D eigenvalue weighted by molar-refractivity contribution is 5.94. The normalized spacial score (nSPS) is 22.5. The molecular formula is C18H25NO3. The predicted molar refractivity (Wildman–Crippen MR) is 86.0 cm³/mol. The van der Waals surface area contributed by atoms with Gasteiger partial charge in [-0.3, -0.25) is 9.59 Å². The molecule has 1 fully saturated rings. The maximum Gasteiger partial charge on any atom is 0.308 e. The number of rotatable bonds is 2. The minimum absolute atomic E-state index is 0.0500. The van der Waals surface area contributed by atoms with Gasteiger partial charge in [0.15, 0.2) is 0 Å². The Labute approximate surface area is 132 Å². The Bertz CT molecular complexity index is 557. The summed E-state index contributed by atoms with van der Waals surface area (Å²) in [5.41, 5.74) is 1.86. The number of carbonyl (C=O) groups excluding carboxylic acids is 1. The SMILES string of the molecule is CC1CCC(C(=O)O)CN1C(=O)c1ccc(C(C)(C)C)cc1. The zero-order valence-corrected chi connectivity index (χ0v) is 13.8. The fourth-order valence-electron chi connectivity index (χ4n) is 2.87. The summed E-state index contributed by atoms with van der Waals surface area (Å²) >= 11 is 0. The number of likely N-dealkylation sites (tertiary alicyclic amines) is 1. The van der Waals surface area contributed by atoms with Gasteiger partial charge >= 0.3 is 5.97 Å².